The molecule has 0 bridgehead atoms. The van der Waals surface area contributed by atoms with Crippen LogP contribution >= 0.6 is 11.6 Å². The van der Waals surface area contributed by atoms with E-state index in [1.807, 2.05) is 0 Å². The van der Waals surface area contributed by atoms with Crippen molar-refractivity contribution in [1.29, 1.82) is 0 Å². The van der Waals surface area contributed by atoms with Gasteiger partial charge in [-0.15, -0.1) is 0 Å². The van der Waals surface area contributed by atoms with Crippen LogP contribution in [-0.4, -0.2) is 44.7 Å². The van der Waals surface area contributed by atoms with Gasteiger partial charge in [0.05, 0.1) is 15.5 Å². The Bertz CT molecular complexity index is 901. The fraction of sp³-hybridized carbons (Fsp3) is 0.235. The second kappa shape index (κ2) is 7.51. The van der Waals surface area contributed by atoms with E-state index in [0.29, 0.717) is 5.56 Å². The molecule has 134 valence electrons. The second-order valence-electron chi connectivity index (χ2n) is 5.68. The van der Waals surface area contributed by atoms with Crippen LogP contribution in [0.25, 0.3) is 0 Å². The molecule has 1 amide bonds. The van der Waals surface area contributed by atoms with Gasteiger partial charge >= 0.3 is 0 Å². The largest absolute Gasteiger partial charge is 0.337 e. The van der Waals surface area contributed by atoms with Gasteiger partial charge < -0.3 is 4.90 Å². The van der Waals surface area contributed by atoms with Crippen molar-refractivity contribution in [2.45, 2.75) is 11.4 Å². The SMILES string of the molecule is CN(Cc1ccccc1F)C(=O)c1cc(S(=O)(=O)N(C)C)ccc1Cl. The number of carbonyl (C=O) groups excluding carboxylic acids is 1. The summed E-state index contributed by atoms with van der Waals surface area (Å²) in [5.41, 5.74) is 0.398. The van der Waals surface area contributed by atoms with E-state index in [2.05, 4.69) is 0 Å². The van der Waals surface area contributed by atoms with Gasteiger partial charge in [0.2, 0.25) is 10.0 Å². The van der Waals surface area contributed by atoms with Crippen LogP contribution in [0.1, 0.15) is 15.9 Å². The third kappa shape index (κ3) is 4.18. The molecule has 8 heteroatoms. The average molecular weight is 385 g/mol. The zero-order valence-electron chi connectivity index (χ0n) is 14.0. The third-order valence-electron chi connectivity index (χ3n) is 3.66. The first-order valence-corrected chi connectivity index (χ1v) is 9.17. The molecule has 0 unspecified atom stereocenters. The van der Waals surface area contributed by atoms with E-state index < -0.39 is 21.7 Å². The molecule has 5 nitrogen and oxygen atoms in total. The van der Waals surface area contributed by atoms with Crippen molar-refractivity contribution >= 4 is 27.5 Å². The first kappa shape index (κ1) is 19.4. The molecular weight excluding hydrogens is 367 g/mol. The highest BCUT2D eigenvalue weighted by atomic mass is 35.5. The molecular formula is C17H18ClFN2O3S. The van der Waals surface area contributed by atoms with Crippen molar-refractivity contribution in [2.24, 2.45) is 0 Å². The van der Waals surface area contributed by atoms with Gasteiger partial charge in [-0.2, -0.15) is 0 Å². The lowest BCUT2D eigenvalue weighted by molar-refractivity contribution is 0.0784. The number of benzene rings is 2. The number of rotatable bonds is 5. The summed E-state index contributed by atoms with van der Waals surface area (Å²) < 4.78 is 39.3. The highest BCUT2D eigenvalue weighted by Gasteiger charge is 2.22. The standard InChI is InChI=1S/C17H18ClFN2O3S/c1-20(2)25(23,24)13-8-9-15(18)14(10-13)17(22)21(3)11-12-6-4-5-7-16(12)19/h4-10H,11H2,1-3H3. The number of carbonyl (C=O) groups is 1. The normalized spacial score (nSPS) is 11.6. The number of amides is 1. The fourth-order valence-electron chi connectivity index (χ4n) is 2.20. The Labute approximate surface area is 151 Å². The van der Waals surface area contributed by atoms with Crippen LogP contribution in [0.5, 0.6) is 0 Å². The van der Waals surface area contributed by atoms with Crippen molar-refractivity contribution in [3.05, 3.63) is 64.4 Å². The molecule has 0 atom stereocenters. The fourth-order valence-corrected chi connectivity index (χ4v) is 3.33. The Hall–Kier alpha value is -1.96. The lowest BCUT2D eigenvalue weighted by atomic mass is 10.1. The van der Waals surface area contributed by atoms with Crippen molar-refractivity contribution in [2.75, 3.05) is 21.1 Å². The van der Waals surface area contributed by atoms with Crippen LogP contribution in [0.4, 0.5) is 4.39 Å². The second-order valence-corrected chi connectivity index (χ2v) is 8.24. The van der Waals surface area contributed by atoms with E-state index in [4.69, 9.17) is 11.6 Å². The maximum absolute atomic E-state index is 13.8. The van der Waals surface area contributed by atoms with E-state index in [1.165, 1.54) is 50.3 Å². The minimum absolute atomic E-state index is 0.0342. The zero-order valence-corrected chi connectivity index (χ0v) is 15.6. The predicted octanol–water partition coefficient (Wildman–Crippen LogP) is 3.00. The lowest BCUT2D eigenvalue weighted by Gasteiger charge is -2.19. The summed E-state index contributed by atoms with van der Waals surface area (Å²) in [6.07, 6.45) is 0. The van der Waals surface area contributed by atoms with Crippen LogP contribution in [0.2, 0.25) is 5.02 Å². The van der Waals surface area contributed by atoms with Crippen molar-refractivity contribution < 1.29 is 17.6 Å². The van der Waals surface area contributed by atoms with E-state index >= 15 is 0 Å². The number of hydrogen-bond acceptors (Lipinski definition) is 3. The number of nitrogens with zero attached hydrogens (tertiary/aromatic N) is 2. The van der Waals surface area contributed by atoms with Crippen molar-refractivity contribution in [3.8, 4) is 0 Å². The molecule has 2 aromatic carbocycles. The van der Waals surface area contributed by atoms with Gasteiger partial charge in [0.1, 0.15) is 5.82 Å². The molecule has 0 saturated carbocycles. The first-order chi connectivity index (χ1) is 11.6. The topological polar surface area (TPSA) is 57.7 Å². The molecule has 25 heavy (non-hydrogen) atoms. The summed E-state index contributed by atoms with van der Waals surface area (Å²) in [6, 6.07) is 10.1. The monoisotopic (exact) mass is 384 g/mol. The summed E-state index contributed by atoms with van der Waals surface area (Å²) in [5.74, 6) is -0.916. The minimum Gasteiger partial charge on any atom is -0.337 e. The molecule has 2 rings (SSSR count). The summed E-state index contributed by atoms with van der Waals surface area (Å²) in [4.78, 5) is 13.9. The van der Waals surface area contributed by atoms with Crippen LogP contribution in [0.15, 0.2) is 47.4 Å². The van der Waals surface area contributed by atoms with E-state index in [0.717, 1.165) is 4.31 Å². The smallest absolute Gasteiger partial charge is 0.255 e. The Morgan fingerprint density at radius 3 is 2.36 bits per heavy atom. The summed E-state index contributed by atoms with van der Waals surface area (Å²) in [6.45, 7) is 0.0342. The molecule has 0 spiro atoms. The van der Waals surface area contributed by atoms with Crippen molar-refractivity contribution in [1.82, 2.24) is 9.21 Å². The summed E-state index contributed by atoms with van der Waals surface area (Å²) in [7, 11) is 0.598. The van der Waals surface area contributed by atoms with Crippen molar-refractivity contribution in [3.63, 3.8) is 0 Å². The maximum Gasteiger partial charge on any atom is 0.255 e. The highest BCUT2D eigenvalue weighted by molar-refractivity contribution is 7.89. The molecule has 2 aromatic rings. The Kier molecular flexibility index (Phi) is 5.82. The molecule has 0 aliphatic heterocycles. The molecule has 0 heterocycles. The van der Waals surface area contributed by atoms with Gasteiger partial charge in [-0.3, -0.25) is 4.79 Å². The number of sulfonamides is 1. The summed E-state index contributed by atoms with van der Waals surface area (Å²) >= 11 is 6.07. The lowest BCUT2D eigenvalue weighted by Crippen LogP contribution is -2.28. The molecule has 0 N–H and O–H groups in total. The van der Waals surface area contributed by atoms with E-state index in [9.17, 15) is 17.6 Å². The first-order valence-electron chi connectivity index (χ1n) is 7.35. The summed E-state index contributed by atoms with van der Waals surface area (Å²) in [5, 5.41) is 0.128. The van der Waals surface area contributed by atoms with Gasteiger partial charge in [0.25, 0.3) is 5.91 Å². The molecule has 0 radical (unpaired) electrons. The minimum atomic E-state index is -3.70. The van der Waals surface area contributed by atoms with Crippen LogP contribution in [0.3, 0.4) is 0 Å². The van der Waals surface area contributed by atoms with Crippen LogP contribution in [-0.2, 0) is 16.6 Å². The van der Waals surface area contributed by atoms with Gasteiger partial charge in [0, 0.05) is 33.3 Å². The quantitative estimate of drug-likeness (QED) is 0.796. The van der Waals surface area contributed by atoms with Gasteiger partial charge in [-0.25, -0.2) is 17.1 Å². The molecule has 0 aromatic heterocycles. The molecule has 0 fully saturated rings. The molecule has 0 aliphatic rings. The molecule has 0 aliphatic carbocycles. The number of halogens is 2. The third-order valence-corrected chi connectivity index (χ3v) is 5.80. The molecule has 0 saturated heterocycles. The van der Waals surface area contributed by atoms with Gasteiger partial charge in [-0.05, 0) is 24.3 Å². The van der Waals surface area contributed by atoms with E-state index in [1.54, 1.807) is 18.2 Å². The average Bonchev–Trinajstić information content (AvgIpc) is 2.56. The zero-order chi connectivity index (χ0) is 18.8. The Morgan fingerprint density at radius 1 is 1.12 bits per heavy atom. The maximum atomic E-state index is 13.8. The van der Waals surface area contributed by atoms with Gasteiger partial charge in [-0.1, -0.05) is 29.8 Å². The Morgan fingerprint density at radius 2 is 1.76 bits per heavy atom. The Balaban J connectivity index is 2.34. The van der Waals surface area contributed by atoms with Gasteiger partial charge in [0.15, 0.2) is 0 Å². The number of hydrogen-bond donors (Lipinski definition) is 0. The highest BCUT2D eigenvalue weighted by Crippen LogP contribution is 2.24. The van der Waals surface area contributed by atoms with E-state index in [-0.39, 0.29) is 22.0 Å². The van der Waals surface area contributed by atoms with Crippen LogP contribution in [0, 0.1) is 5.82 Å². The predicted molar refractivity (Wildman–Crippen MR) is 94.5 cm³/mol. The van der Waals surface area contributed by atoms with Crippen LogP contribution < -0.4 is 0 Å².